The van der Waals surface area contributed by atoms with Gasteiger partial charge in [-0.2, -0.15) is 0 Å². The molecular weight excluding hydrogens is 200 g/mol. The van der Waals surface area contributed by atoms with E-state index in [1.54, 1.807) is 0 Å². The van der Waals surface area contributed by atoms with Gasteiger partial charge in [0.2, 0.25) is 0 Å². The Kier molecular flexibility index (Phi) is 5.73. The zero-order valence-corrected chi connectivity index (χ0v) is 11.2. The van der Waals surface area contributed by atoms with Crippen LogP contribution in [-0.4, -0.2) is 44.3 Å². The molecule has 1 unspecified atom stereocenters. The van der Waals surface area contributed by atoms with Gasteiger partial charge < -0.3 is 15.4 Å². The van der Waals surface area contributed by atoms with Gasteiger partial charge in [-0.15, -0.1) is 0 Å². The summed E-state index contributed by atoms with van der Waals surface area (Å²) in [4.78, 5) is 2.52. The first-order chi connectivity index (χ1) is 7.57. The summed E-state index contributed by atoms with van der Waals surface area (Å²) < 4.78 is 5.36. The first-order valence-corrected chi connectivity index (χ1v) is 6.52. The van der Waals surface area contributed by atoms with E-state index in [-0.39, 0.29) is 0 Å². The predicted molar refractivity (Wildman–Crippen MR) is 68.5 cm³/mol. The van der Waals surface area contributed by atoms with E-state index < -0.39 is 0 Å². The van der Waals surface area contributed by atoms with Gasteiger partial charge in [-0.1, -0.05) is 20.3 Å². The normalized spacial score (nSPS) is 22.9. The molecule has 3 heteroatoms. The number of nitrogens with zero attached hydrogens (tertiary/aromatic N) is 1. The van der Waals surface area contributed by atoms with Crippen LogP contribution in [0.1, 0.15) is 39.5 Å². The number of unbranched alkanes of at least 4 members (excludes halogenated alkanes) is 1. The molecule has 0 aromatic heterocycles. The van der Waals surface area contributed by atoms with Crippen LogP contribution < -0.4 is 5.73 Å². The molecule has 0 radical (unpaired) electrons. The molecule has 2 N–H and O–H groups in total. The van der Waals surface area contributed by atoms with Gasteiger partial charge in [0.25, 0.3) is 0 Å². The van der Waals surface area contributed by atoms with E-state index in [2.05, 4.69) is 18.7 Å². The molecule has 1 saturated heterocycles. The van der Waals surface area contributed by atoms with Crippen molar-refractivity contribution in [3.8, 4) is 0 Å². The van der Waals surface area contributed by atoms with E-state index >= 15 is 0 Å². The van der Waals surface area contributed by atoms with Crippen molar-refractivity contribution in [3.63, 3.8) is 0 Å². The number of nitrogens with two attached hydrogens (primary N) is 1. The average Bonchev–Trinajstić information content (AvgIpc) is 2.72. The summed E-state index contributed by atoms with van der Waals surface area (Å²) in [6, 6.07) is 0. The summed E-state index contributed by atoms with van der Waals surface area (Å²) in [7, 11) is 1.82. The molecule has 3 nitrogen and oxygen atoms in total. The monoisotopic (exact) mass is 228 g/mol. The Morgan fingerprint density at radius 1 is 1.38 bits per heavy atom. The second kappa shape index (κ2) is 6.58. The molecule has 16 heavy (non-hydrogen) atoms. The van der Waals surface area contributed by atoms with Crippen molar-refractivity contribution in [3.05, 3.63) is 0 Å². The Bertz CT molecular complexity index is 194. The van der Waals surface area contributed by atoms with Crippen LogP contribution in [0.5, 0.6) is 0 Å². The van der Waals surface area contributed by atoms with Crippen molar-refractivity contribution in [1.29, 1.82) is 0 Å². The number of ether oxygens (including phenoxy) is 1. The molecular formula is C13H28N2O. The van der Waals surface area contributed by atoms with Crippen molar-refractivity contribution in [2.24, 2.45) is 11.1 Å². The lowest BCUT2D eigenvalue weighted by Crippen LogP contribution is -2.25. The van der Waals surface area contributed by atoms with Crippen LogP contribution in [0, 0.1) is 5.41 Å². The fourth-order valence-corrected chi connectivity index (χ4v) is 2.23. The molecule has 1 aliphatic rings. The Labute approximate surface area is 100 Å². The fourth-order valence-electron chi connectivity index (χ4n) is 2.23. The maximum absolute atomic E-state index is 5.72. The molecule has 0 saturated carbocycles. The molecule has 0 aromatic carbocycles. The van der Waals surface area contributed by atoms with E-state index in [9.17, 15) is 0 Å². The highest BCUT2D eigenvalue weighted by Gasteiger charge is 2.21. The highest BCUT2D eigenvalue weighted by atomic mass is 16.5. The summed E-state index contributed by atoms with van der Waals surface area (Å²) in [5.41, 5.74) is 6.04. The average molecular weight is 228 g/mol. The third-order valence-corrected chi connectivity index (χ3v) is 3.69. The molecule has 0 aromatic rings. The molecule has 0 aliphatic carbocycles. The minimum Gasteiger partial charge on any atom is -0.380 e. The van der Waals surface area contributed by atoms with E-state index in [1.165, 1.54) is 38.8 Å². The van der Waals surface area contributed by atoms with Crippen molar-refractivity contribution in [1.82, 2.24) is 4.90 Å². The zero-order chi connectivity index (χ0) is 12.0. The molecule has 1 rings (SSSR count). The minimum atomic E-state index is 0.320. The largest absolute Gasteiger partial charge is 0.380 e. The summed E-state index contributed by atoms with van der Waals surface area (Å²) in [5, 5.41) is 0. The quantitative estimate of drug-likeness (QED) is 0.676. The van der Waals surface area contributed by atoms with Crippen LogP contribution in [0.2, 0.25) is 0 Å². The van der Waals surface area contributed by atoms with E-state index in [0.717, 1.165) is 13.1 Å². The van der Waals surface area contributed by atoms with E-state index in [1.807, 2.05) is 7.11 Å². The summed E-state index contributed by atoms with van der Waals surface area (Å²) in [6.07, 6.45) is 5.49. The number of rotatable bonds is 7. The third kappa shape index (κ3) is 4.81. The Hall–Kier alpha value is -0.120. The molecule has 96 valence electrons. The van der Waals surface area contributed by atoms with E-state index in [0.29, 0.717) is 11.5 Å². The van der Waals surface area contributed by atoms with Gasteiger partial charge in [0.05, 0.1) is 6.10 Å². The van der Waals surface area contributed by atoms with Crippen LogP contribution in [0.3, 0.4) is 0 Å². The summed E-state index contributed by atoms with van der Waals surface area (Å²) >= 11 is 0. The Morgan fingerprint density at radius 2 is 2.12 bits per heavy atom. The molecule has 1 heterocycles. The molecule has 0 bridgehead atoms. The highest BCUT2D eigenvalue weighted by molar-refractivity contribution is 4.76. The fraction of sp³-hybridized carbons (Fsp3) is 1.00. The second-order valence-electron chi connectivity index (χ2n) is 5.77. The maximum Gasteiger partial charge on any atom is 0.0710 e. The van der Waals surface area contributed by atoms with Crippen molar-refractivity contribution < 1.29 is 4.74 Å². The summed E-state index contributed by atoms with van der Waals surface area (Å²) in [5.74, 6) is 0. The van der Waals surface area contributed by atoms with Crippen molar-refractivity contribution >= 4 is 0 Å². The molecule has 1 aliphatic heterocycles. The molecule has 1 atom stereocenters. The van der Waals surface area contributed by atoms with Crippen LogP contribution >= 0.6 is 0 Å². The van der Waals surface area contributed by atoms with Gasteiger partial charge in [0.1, 0.15) is 0 Å². The van der Waals surface area contributed by atoms with Gasteiger partial charge in [-0.25, -0.2) is 0 Å². The van der Waals surface area contributed by atoms with Crippen LogP contribution in [0.4, 0.5) is 0 Å². The number of likely N-dealkylation sites (tertiary alicyclic amines) is 1. The van der Waals surface area contributed by atoms with Crippen LogP contribution in [0.25, 0.3) is 0 Å². The first-order valence-electron chi connectivity index (χ1n) is 6.52. The van der Waals surface area contributed by atoms with Crippen LogP contribution in [0.15, 0.2) is 0 Å². The molecule has 1 fully saturated rings. The third-order valence-electron chi connectivity index (χ3n) is 3.69. The Morgan fingerprint density at radius 3 is 2.69 bits per heavy atom. The maximum atomic E-state index is 5.72. The second-order valence-corrected chi connectivity index (χ2v) is 5.77. The van der Waals surface area contributed by atoms with Gasteiger partial charge >= 0.3 is 0 Å². The lowest BCUT2D eigenvalue weighted by Gasteiger charge is -2.22. The number of hydrogen-bond donors (Lipinski definition) is 1. The molecule has 0 spiro atoms. The van der Waals surface area contributed by atoms with Gasteiger partial charge in [-0.05, 0) is 37.8 Å². The number of hydrogen-bond acceptors (Lipinski definition) is 3. The smallest absolute Gasteiger partial charge is 0.0710 e. The van der Waals surface area contributed by atoms with Crippen molar-refractivity contribution in [2.75, 3.05) is 33.3 Å². The highest BCUT2D eigenvalue weighted by Crippen LogP contribution is 2.21. The standard InChI is InChI=1S/C13H28N2O/c1-13(2,11-14)7-4-5-8-15-9-6-12(10-15)16-3/h12H,4-11,14H2,1-3H3. The Balaban J connectivity index is 2.04. The molecule has 0 amide bonds. The lowest BCUT2D eigenvalue weighted by atomic mass is 9.87. The van der Waals surface area contributed by atoms with Crippen LogP contribution in [-0.2, 0) is 4.74 Å². The van der Waals surface area contributed by atoms with E-state index in [4.69, 9.17) is 10.5 Å². The topological polar surface area (TPSA) is 38.5 Å². The lowest BCUT2D eigenvalue weighted by molar-refractivity contribution is 0.108. The summed E-state index contributed by atoms with van der Waals surface area (Å²) in [6.45, 7) is 8.85. The SMILES string of the molecule is COC1CCN(CCCCC(C)(C)CN)C1. The van der Waals surface area contributed by atoms with Gasteiger partial charge in [0.15, 0.2) is 0 Å². The van der Waals surface area contributed by atoms with Gasteiger partial charge in [0, 0.05) is 20.2 Å². The zero-order valence-electron chi connectivity index (χ0n) is 11.2. The van der Waals surface area contributed by atoms with Gasteiger partial charge in [-0.3, -0.25) is 0 Å². The minimum absolute atomic E-state index is 0.320. The first kappa shape index (κ1) is 13.9. The van der Waals surface area contributed by atoms with Crippen molar-refractivity contribution in [2.45, 2.75) is 45.6 Å². The predicted octanol–water partition coefficient (Wildman–Crippen LogP) is 1.86. The number of methoxy groups -OCH3 is 1.